The van der Waals surface area contributed by atoms with Crippen LogP contribution in [0.25, 0.3) is 0 Å². The molecule has 1 amide bonds. The molecule has 6 nitrogen and oxygen atoms in total. The van der Waals surface area contributed by atoms with Crippen LogP contribution in [0.5, 0.6) is 0 Å². The van der Waals surface area contributed by atoms with Crippen LogP contribution in [0.4, 0.5) is 4.39 Å². The third-order valence-corrected chi connectivity index (χ3v) is 6.58. The van der Waals surface area contributed by atoms with Crippen molar-refractivity contribution in [2.45, 2.75) is 37.0 Å². The van der Waals surface area contributed by atoms with Crippen LogP contribution in [0.2, 0.25) is 0 Å². The van der Waals surface area contributed by atoms with Crippen LogP contribution in [0.3, 0.4) is 0 Å². The second kappa shape index (κ2) is 8.45. The van der Waals surface area contributed by atoms with Gasteiger partial charge in [-0.3, -0.25) is 4.79 Å². The lowest BCUT2D eigenvalue weighted by molar-refractivity contribution is 0.0788. The molecule has 0 bridgehead atoms. The minimum absolute atomic E-state index is 0.0702. The van der Waals surface area contributed by atoms with Gasteiger partial charge in [-0.2, -0.15) is 0 Å². The average Bonchev–Trinajstić information content (AvgIpc) is 3.16. The first-order valence-electron chi connectivity index (χ1n) is 9.26. The first-order valence-corrected chi connectivity index (χ1v) is 10.7. The largest absolute Gasteiger partial charge is 0.339 e. The lowest BCUT2D eigenvalue weighted by Gasteiger charge is -2.22. The van der Waals surface area contributed by atoms with Gasteiger partial charge in [-0.25, -0.2) is 17.5 Å². The number of sulfonamides is 1. The highest BCUT2D eigenvalue weighted by Gasteiger charge is 2.24. The number of nitrogens with zero attached hydrogens (tertiary/aromatic N) is 1. The van der Waals surface area contributed by atoms with Crippen molar-refractivity contribution < 1.29 is 17.6 Å². The van der Waals surface area contributed by atoms with Crippen LogP contribution >= 0.6 is 0 Å². The van der Waals surface area contributed by atoms with Crippen LogP contribution in [-0.4, -0.2) is 51.9 Å². The molecule has 1 aromatic carbocycles. The zero-order valence-electron chi connectivity index (χ0n) is 14.8. The fourth-order valence-electron chi connectivity index (χ4n) is 3.58. The highest BCUT2D eigenvalue weighted by atomic mass is 32.2. The quantitative estimate of drug-likeness (QED) is 0.784. The van der Waals surface area contributed by atoms with E-state index in [1.54, 1.807) is 4.90 Å². The van der Waals surface area contributed by atoms with Gasteiger partial charge in [0.25, 0.3) is 5.91 Å². The number of halogens is 1. The van der Waals surface area contributed by atoms with Crippen LogP contribution in [-0.2, 0) is 10.0 Å². The van der Waals surface area contributed by atoms with Crippen molar-refractivity contribution in [3.63, 3.8) is 0 Å². The van der Waals surface area contributed by atoms with Gasteiger partial charge in [0.2, 0.25) is 10.0 Å². The Hall–Kier alpha value is -1.51. The molecule has 26 heavy (non-hydrogen) atoms. The van der Waals surface area contributed by atoms with Crippen molar-refractivity contribution in [1.29, 1.82) is 0 Å². The van der Waals surface area contributed by atoms with Crippen LogP contribution in [0.1, 0.15) is 42.5 Å². The molecule has 2 saturated heterocycles. The minimum atomic E-state index is -3.78. The summed E-state index contributed by atoms with van der Waals surface area (Å²) in [5.41, 5.74) is -0.0702. The van der Waals surface area contributed by atoms with Gasteiger partial charge in [-0.1, -0.05) is 0 Å². The van der Waals surface area contributed by atoms with Crippen LogP contribution in [0, 0.1) is 11.7 Å². The SMILES string of the molecule is O=C(c1ccc(S(=O)(=O)NCCC2CCCNC2)cc1F)N1CCCC1. The van der Waals surface area contributed by atoms with Gasteiger partial charge >= 0.3 is 0 Å². The van der Waals surface area contributed by atoms with Crippen molar-refractivity contribution in [1.82, 2.24) is 14.9 Å². The molecule has 144 valence electrons. The van der Waals surface area contributed by atoms with E-state index < -0.39 is 15.8 Å². The topological polar surface area (TPSA) is 78.5 Å². The predicted molar refractivity (Wildman–Crippen MR) is 96.9 cm³/mol. The molecule has 1 atom stereocenters. The van der Waals surface area contributed by atoms with Crippen LogP contribution < -0.4 is 10.0 Å². The smallest absolute Gasteiger partial charge is 0.256 e. The molecule has 0 spiro atoms. The lowest BCUT2D eigenvalue weighted by Crippen LogP contribution is -2.33. The van der Waals surface area contributed by atoms with E-state index in [1.165, 1.54) is 12.1 Å². The summed E-state index contributed by atoms with van der Waals surface area (Å²) in [6, 6.07) is 3.51. The van der Waals surface area contributed by atoms with Gasteiger partial charge in [-0.05, 0) is 69.3 Å². The van der Waals surface area contributed by atoms with Gasteiger partial charge in [0.05, 0.1) is 10.5 Å². The van der Waals surface area contributed by atoms with E-state index in [-0.39, 0.29) is 16.4 Å². The number of carbonyl (C=O) groups is 1. The Kier molecular flexibility index (Phi) is 6.26. The van der Waals surface area contributed by atoms with Gasteiger partial charge < -0.3 is 10.2 Å². The minimum Gasteiger partial charge on any atom is -0.339 e. The Labute approximate surface area is 154 Å². The lowest BCUT2D eigenvalue weighted by atomic mass is 9.96. The average molecular weight is 383 g/mol. The molecule has 2 heterocycles. The van der Waals surface area contributed by atoms with E-state index in [0.29, 0.717) is 25.6 Å². The van der Waals surface area contributed by atoms with Crippen molar-refractivity contribution in [2.75, 3.05) is 32.7 Å². The van der Waals surface area contributed by atoms with Gasteiger partial charge in [0, 0.05) is 19.6 Å². The molecule has 1 unspecified atom stereocenters. The number of hydrogen-bond donors (Lipinski definition) is 2. The Balaban J connectivity index is 1.62. The second-order valence-electron chi connectivity index (χ2n) is 7.04. The fraction of sp³-hybridized carbons (Fsp3) is 0.611. The summed E-state index contributed by atoms with van der Waals surface area (Å²) in [5, 5.41) is 3.30. The zero-order valence-corrected chi connectivity index (χ0v) is 15.7. The third-order valence-electron chi connectivity index (χ3n) is 5.12. The highest BCUT2D eigenvalue weighted by Crippen LogP contribution is 2.19. The number of hydrogen-bond acceptors (Lipinski definition) is 4. The normalized spacial score (nSPS) is 21.1. The van der Waals surface area contributed by atoms with Gasteiger partial charge in [0.15, 0.2) is 0 Å². The molecule has 0 saturated carbocycles. The van der Waals surface area contributed by atoms with Crippen molar-refractivity contribution in [2.24, 2.45) is 5.92 Å². The summed E-state index contributed by atoms with van der Waals surface area (Å²) in [5.74, 6) is -0.702. The molecule has 8 heteroatoms. The van der Waals surface area contributed by atoms with Gasteiger partial charge in [-0.15, -0.1) is 0 Å². The fourth-order valence-corrected chi connectivity index (χ4v) is 4.64. The third kappa shape index (κ3) is 4.61. The molecule has 2 aliphatic rings. The molecular formula is C18H26FN3O3S. The number of rotatable bonds is 6. The molecule has 2 fully saturated rings. The van der Waals surface area contributed by atoms with Crippen LogP contribution in [0.15, 0.2) is 23.1 Å². The number of likely N-dealkylation sites (tertiary alicyclic amines) is 1. The van der Waals surface area contributed by atoms with E-state index in [1.807, 2.05) is 0 Å². The Morgan fingerprint density at radius 1 is 1.27 bits per heavy atom. The number of piperidine rings is 1. The summed E-state index contributed by atoms with van der Waals surface area (Å²) < 4.78 is 41.6. The predicted octanol–water partition coefficient (Wildman–Crippen LogP) is 1.73. The van der Waals surface area contributed by atoms with E-state index in [0.717, 1.165) is 51.3 Å². The number of amides is 1. The standard InChI is InChI=1S/C18H26FN3O3S/c19-17-12-15(5-6-16(17)18(23)22-10-1-2-11-22)26(24,25)21-9-7-14-4-3-8-20-13-14/h5-6,12,14,20-21H,1-4,7-11,13H2. The summed E-state index contributed by atoms with van der Waals surface area (Å²) >= 11 is 0. The molecule has 3 rings (SSSR count). The van der Waals surface area contributed by atoms with E-state index in [4.69, 9.17) is 0 Å². The zero-order chi connectivity index (χ0) is 18.6. The molecule has 1 aromatic rings. The molecule has 0 aliphatic carbocycles. The summed E-state index contributed by atoms with van der Waals surface area (Å²) in [4.78, 5) is 13.7. The monoisotopic (exact) mass is 383 g/mol. The Morgan fingerprint density at radius 2 is 2.04 bits per heavy atom. The summed E-state index contributed by atoms with van der Waals surface area (Å²) in [6.07, 6.45) is 4.78. The molecule has 0 radical (unpaired) electrons. The van der Waals surface area contributed by atoms with Crippen molar-refractivity contribution >= 4 is 15.9 Å². The maximum Gasteiger partial charge on any atom is 0.256 e. The van der Waals surface area contributed by atoms with E-state index in [2.05, 4.69) is 10.0 Å². The second-order valence-corrected chi connectivity index (χ2v) is 8.81. The van der Waals surface area contributed by atoms with Crippen molar-refractivity contribution in [3.8, 4) is 0 Å². The number of nitrogens with one attached hydrogen (secondary N) is 2. The molecular weight excluding hydrogens is 357 g/mol. The first kappa shape index (κ1) is 19.3. The number of carbonyl (C=O) groups excluding carboxylic acids is 1. The van der Waals surface area contributed by atoms with Crippen molar-refractivity contribution in [3.05, 3.63) is 29.6 Å². The van der Waals surface area contributed by atoms with Gasteiger partial charge in [0.1, 0.15) is 5.82 Å². The number of benzene rings is 1. The summed E-state index contributed by atoms with van der Waals surface area (Å²) in [6.45, 7) is 3.49. The summed E-state index contributed by atoms with van der Waals surface area (Å²) in [7, 11) is -3.78. The highest BCUT2D eigenvalue weighted by molar-refractivity contribution is 7.89. The van der Waals surface area contributed by atoms with E-state index in [9.17, 15) is 17.6 Å². The van der Waals surface area contributed by atoms with E-state index >= 15 is 0 Å². The Morgan fingerprint density at radius 3 is 2.69 bits per heavy atom. The first-order chi connectivity index (χ1) is 12.5. The molecule has 2 N–H and O–H groups in total. The maximum absolute atomic E-state index is 14.3. The molecule has 0 aromatic heterocycles. The Bertz CT molecular complexity index is 742. The molecule has 2 aliphatic heterocycles. The maximum atomic E-state index is 14.3.